The fourth-order valence-corrected chi connectivity index (χ4v) is 6.02. The van der Waals surface area contributed by atoms with Crippen LogP contribution in [0.4, 0.5) is 17.1 Å². The van der Waals surface area contributed by atoms with Crippen LogP contribution in [0.25, 0.3) is 0 Å². The van der Waals surface area contributed by atoms with Gasteiger partial charge in [0, 0.05) is 61.2 Å². The molecule has 4 rings (SSSR count). The molecule has 1 heterocycles. The number of nitrogens with one attached hydrogen (secondary N) is 1. The Morgan fingerprint density at radius 2 is 1.78 bits per heavy atom. The molecule has 0 radical (unpaired) electrons. The van der Waals surface area contributed by atoms with Crippen LogP contribution in [-0.2, 0) is 26.3 Å². The van der Waals surface area contributed by atoms with Gasteiger partial charge in [-0.3, -0.25) is 19.4 Å². The van der Waals surface area contributed by atoms with Crippen LogP contribution in [-0.4, -0.2) is 74.3 Å². The maximum absolute atomic E-state index is 13.4. The fraction of sp³-hybridized carbons (Fsp3) is 0.400. The molecular formula is C40H53N7O7. The number of hydrogen-bond acceptors (Lipinski definition) is 11. The number of carbonyl (C=O) groups excluding carboxylic acids is 4. The van der Waals surface area contributed by atoms with Crippen molar-refractivity contribution in [1.29, 1.82) is 0 Å². The summed E-state index contributed by atoms with van der Waals surface area (Å²) in [5, 5.41) is 4.15. The predicted octanol–water partition coefficient (Wildman–Crippen LogP) is 4.71. The Kier molecular flexibility index (Phi) is 13.5. The van der Waals surface area contributed by atoms with Gasteiger partial charge >= 0.3 is 0 Å². The molecule has 0 fully saturated rings. The second-order valence-corrected chi connectivity index (χ2v) is 14.3. The van der Waals surface area contributed by atoms with Gasteiger partial charge in [0.2, 0.25) is 5.91 Å². The van der Waals surface area contributed by atoms with Gasteiger partial charge in [-0.25, -0.2) is 5.84 Å². The van der Waals surface area contributed by atoms with Gasteiger partial charge in [-0.2, -0.15) is 0 Å². The summed E-state index contributed by atoms with van der Waals surface area (Å²) < 4.78 is 16.9. The molecule has 14 heteroatoms. The summed E-state index contributed by atoms with van der Waals surface area (Å²) >= 11 is 0. The molecule has 7 N–H and O–H groups in total. The van der Waals surface area contributed by atoms with Crippen LogP contribution in [0, 0.1) is 0 Å². The van der Waals surface area contributed by atoms with Crippen LogP contribution >= 0.6 is 0 Å². The summed E-state index contributed by atoms with van der Waals surface area (Å²) in [6, 6.07) is 15.1. The first kappa shape index (κ1) is 41.0. The van der Waals surface area contributed by atoms with Crippen LogP contribution in [0.5, 0.6) is 17.2 Å². The number of anilines is 3. The fourth-order valence-electron chi connectivity index (χ4n) is 6.02. The summed E-state index contributed by atoms with van der Waals surface area (Å²) in [5.41, 5.74) is 15.9. The largest absolute Gasteiger partial charge is 0.497 e. The van der Waals surface area contributed by atoms with Crippen molar-refractivity contribution in [3.8, 4) is 17.2 Å². The first-order valence-electron chi connectivity index (χ1n) is 17.8. The molecule has 0 spiro atoms. The van der Waals surface area contributed by atoms with E-state index in [0.29, 0.717) is 77.1 Å². The number of hydrogen-bond donors (Lipinski definition) is 4. The molecule has 0 aromatic heterocycles. The zero-order valence-corrected chi connectivity index (χ0v) is 32.2. The molecule has 0 saturated carbocycles. The Hall–Kier alpha value is -5.76. The van der Waals surface area contributed by atoms with Crippen molar-refractivity contribution < 1.29 is 33.4 Å². The van der Waals surface area contributed by atoms with Gasteiger partial charge in [-0.1, -0.05) is 26.8 Å². The first-order valence-corrected chi connectivity index (χ1v) is 17.8. The van der Waals surface area contributed by atoms with Gasteiger partial charge in [0.1, 0.15) is 34.9 Å². The zero-order valence-electron chi connectivity index (χ0n) is 32.2. The number of nitrogen functional groups attached to an aromatic ring is 1. The zero-order chi connectivity index (χ0) is 39.7. The van der Waals surface area contributed by atoms with Crippen molar-refractivity contribution in [2.24, 2.45) is 11.6 Å². The number of nitrogens with zero attached hydrogens (tertiary/aromatic N) is 3. The second kappa shape index (κ2) is 17.8. The lowest BCUT2D eigenvalue weighted by molar-refractivity contribution is -0.130. The average Bonchev–Trinajstić information content (AvgIpc) is 3.49. The Bertz CT molecular complexity index is 1890. The minimum absolute atomic E-state index is 0.0911. The SMILES string of the molecule is COc1ccc(OC)c(N(N)/C(C)=C(\N)C(=O)Nc2cc(OCCCCN(C)C(=O)CCC(C=O)N3Cc4c(N)cccc4C3=O)cc(C(C)(C)C)c2)c1. The van der Waals surface area contributed by atoms with E-state index in [-0.39, 0.29) is 42.3 Å². The number of carbonyl (C=O) groups is 4. The summed E-state index contributed by atoms with van der Waals surface area (Å²) in [6.07, 6.45) is 2.40. The molecule has 54 heavy (non-hydrogen) atoms. The molecule has 3 aromatic rings. The van der Waals surface area contributed by atoms with Crippen molar-refractivity contribution in [3.05, 3.63) is 82.7 Å². The molecule has 0 saturated heterocycles. The summed E-state index contributed by atoms with van der Waals surface area (Å²) in [5.74, 6) is 7.07. The molecule has 1 atom stereocenters. The first-order chi connectivity index (χ1) is 25.6. The minimum atomic E-state index is -0.719. The summed E-state index contributed by atoms with van der Waals surface area (Å²) in [4.78, 5) is 54.2. The Balaban J connectivity index is 1.31. The minimum Gasteiger partial charge on any atom is -0.497 e. The maximum Gasteiger partial charge on any atom is 0.273 e. The molecule has 1 aliphatic heterocycles. The highest BCUT2D eigenvalue weighted by Crippen LogP contribution is 2.34. The highest BCUT2D eigenvalue weighted by Gasteiger charge is 2.34. The standard InChI is InChI=1S/C40H53N7O7/c1-25(47(43)34-22-29(52-6)14-15-35(34)53-7)37(42)38(50)44-27-19-26(40(2,3)4)20-30(21-27)54-18-9-8-17-45(5)36(49)16-13-28(24-48)46-23-32-31(39(46)51)11-10-12-33(32)41/h10-12,14-15,19-22,24,28H,8-9,13,16-18,23,41-43H2,1-7H3,(H,44,50)/b37-25-. The lowest BCUT2D eigenvalue weighted by atomic mass is 9.86. The maximum atomic E-state index is 13.4. The molecule has 3 amide bonds. The highest BCUT2D eigenvalue weighted by molar-refractivity contribution is 6.04. The third-order valence-electron chi connectivity index (χ3n) is 9.50. The van der Waals surface area contributed by atoms with Crippen molar-refractivity contribution in [2.45, 2.75) is 71.4 Å². The van der Waals surface area contributed by atoms with Gasteiger partial charge < -0.3 is 45.6 Å². The smallest absolute Gasteiger partial charge is 0.273 e. The molecule has 0 aliphatic carbocycles. The number of nitrogens with two attached hydrogens (primary N) is 3. The molecule has 290 valence electrons. The third kappa shape index (κ3) is 9.81. The molecule has 1 unspecified atom stereocenters. The van der Waals surface area contributed by atoms with Crippen LogP contribution in [0.3, 0.4) is 0 Å². The second-order valence-electron chi connectivity index (χ2n) is 14.3. The van der Waals surface area contributed by atoms with E-state index in [2.05, 4.69) is 26.1 Å². The number of unbranched alkanes of at least 4 members (excludes halogenated alkanes) is 1. The number of hydrazine groups is 1. The Labute approximate surface area is 317 Å². The number of rotatable bonds is 17. The Morgan fingerprint density at radius 1 is 1.04 bits per heavy atom. The quantitative estimate of drug-likeness (QED) is 0.0373. The molecule has 14 nitrogen and oxygen atoms in total. The van der Waals surface area contributed by atoms with E-state index in [1.54, 1.807) is 61.3 Å². The van der Waals surface area contributed by atoms with E-state index >= 15 is 0 Å². The normalized spacial score (nSPS) is 13.4. The number of benzene rings is 3. The lowest BCUT2D eigenvalue weighted by Crippen LogP contribution is -2.38. The van der Waals surface area contributed by atoms with Crippen molar-refractivity contribution in [3.63, 3.8) is 0 Å². The summed E-state index contributed by atoms with van der Waals surface area (Å²) in [7, 11) is 4.77. The van der Waals surface area contributed by atoms with E-state index in [9.17, 15) is 19.2 Å². The van der Waals surface area contributed by atoms with E-state index in [4.69, 9.17) is 31.5 Å². The average molecular weight is 744 g/mol. The Morgan fingerprint density at radius 3 is 2.43 bits per heavy atom. The van der Waals surface area contributed by atoms with Crippen molar-refractivity contribution in [1.82, 2.24) is 9.80 Å². The number of allylic oxidation sites excluding steroid dienone is 1. The van der Waals surface area contributed by atoms with Gasteiger partial charge in [0.05, 0.1) is 32.6 Å². The van der Waals surface area contributed by atoms with Gasteiger partial charge in [-0.05, 0) is 73.6 Å². The summed E-state index contributed by atoms with van der Waals surface area (Å²) in [6.45, 7) is 8.94. The van der Waals surface area contributed by atoms with Crippen LogP contribution in [0.2, 0.25) is 0 Å². The molecule has 3 aromatic carbocycles. The van der Waals surface area contributed by atoms with Gasteiger partial charge in [0.15, 0.2) is 0 Å². The van der Waals surface area contributed by atoms with Crippen LogP contribution < -0.4 is 41.8 Å². The number of fused-ring (bicyclic) bond motifs is 1. The molecular weight excluding hydrogens is 690 g/mol. The number of aldehydes is 1. The third-order valence-corrected chi connectivity index (χ3v) is 9.50. The van der Waals surface area contributed by atoms with E-state index < -0.39 is 11.9 Å². The monoisotopic (exact) mass is 743 g/mol. The van der Waals surface area contributed by atoms with E-state index in [1.807, 2.05) is 12.1 Å². The molecule has 1 aliphatic rings. The highest BCUT2D eigenvalue weighted by atomic mass is 16.5. The van der Waals surface area contributed by atoms with Crippen molar-refractivity contribution >= 4 is 41.1 Å². The number of methoxy groups -OCH3 is 2. The lowest BCUT2D eigenvalue weighted by Gasteiger charge is -2.24. The van der Waals surface area contributed by atoms with Crippen LogP contribution in [0.1, 0.15) is 74.9 Å². The predicted molar refractivity (Wildman–Crippen MR) is 209 cm³/mol. The van der Waals surface area contributed by atoms with Gasteiger partial charge in [0.25, 0.3) is 11.8 Å². The van der Waals surface area contributed by atoms with Gasteiger partial charge in [-0.15, -0.1) is 0 Å². The van der Waals surface area contributed by atoms with Crippen molar-refractivity contribution in [2.75, 3.05) is 50.5 Å². The molecule has 0 bridgehead atoms. The number of amides is 3. The topological polar surface area (TPSA) is 196 Å². The van der Waals surface area contributed by atoms with E-state index in [0.717, 1.165) is 11.8 Å². The van der Waals surface area contributed by atoms with Crippen LogP contribution in [0.15, 0.2) is 66.0 Å². The number of ether oxygens (including phenoxy) is 3. The van der Waals surface area contributed by atoms with E-state index in [1.165, 1.54) is 24.1 Å².